The van der Waals surface area contributed by atoms with E-state index in [-0.39, 0.29) is 41.6 Å². The van der Waals surface area contributed by atoms with Crippen molar-refractivity contribution < 1.29 is 19.4 Å². The van der Waals surface area contributed by atoms with Crippen LogP contribution < -0.4 is 15.0 Å². The number of amides is 1. The fraction of sp³-hybridized carbons (Fsp3) is 0.303. The first-order chi connectivity index (χ1) is 21.2. The number of ketones is 1. The number of azide groups is 1. The lowest BCUT2D eigenvalue weighted by molar-refractivity contribution is -0.117. The third-order valence-corrected chi connectivity index (χ3v) is 7.65. The van der Waals surface area contributed by atoms with E-state index in [1.807, 2.05) is 18.2 Å². The van der Waals surface area contributed by atoms with Crippen molar-refractivity contribution >= 4 is 34.5 Å². The number of nitrogens with zero attached hydrogens (tertiary/aromatic N) is 5. The molecule has 0 saturated carbocycles. The number of aromatic amines is 1. The van der Waals surface area contributed by atoms with Crippen LogP contribution in [0.15, 0.2) is 78.2 Å². The monoisotopic (exact) mass is 593 g/mol. The van der Waals surface area contributed by atoms with Gasteiger partial charge in [-0.05, 0) is 72.3 Å². The predicted molar refractivity (Wildman–Crippen MR) is 170 cm³/mol. The van der Waals surface area contributed by atoms with Crippen LogP contribution in [0.1, 0.15) is 48.2 Å². The molecule has 0 bridgehead atoms. The highest BCUT2D eigenvalue weighted by Crippen LogP contribution is 2.34. The molecular formula is C33H35N7O4. The van der Waals surface area contributed by atoms with E-state index in [0.29, 0.717) is 11.3 Å². The second-order valence-electron chi connectivity index (χ2n) is 11.7. The molecule has 11 heteroatoms. The van der Waals surface area contributed by atoms with Crippen molar-refractivity contribution in [2.24, 2.45) is 10.5 Å². The number of hydrogen-bond acceptors (Lipinski definition) is 7. The third kappa shape index (κ3) is 7.37. The first-order valence-corrected chi connectivity index (χ1v) is 14.5. The number of aromatic hydroxyl groups is 1. The van der Waals surface area contributed by atoms with Gasteiger partial charge in [0.25, 0.3) is 0 Å². The van der Waals surface area contributed by atoms with Gasteiger partial charge in [0.15, 0.2) is 5.78 Å². The number of carbonyl (C=O) groups excluding carboxylic acids is 2. The maximum Gasteiger partial charge on any atom is 0.244 e. The standard InChI is InChI=1S/C33H35N7O4/c1-33(2)13-5-15-40(21-33)25-10-11-29(41)28(17-25)31(43)22-6-3-7-26(16-22)44-20-24(19-37-39-34)38-30(42)12-9-23-18-36-32-27(23)8-4-14-35-32/h3-4,6-12,14,16-18,24,41H,5,13,15,19-21H2,1-2H3,(H,35,36)(H,38,42)/b12-9+/t24-/m1/s1. The van der Waals surface area contributed by atoms with Crippen molar-refractivity contribution in [1.29, 1.82) is 0 Å². The summed E-state index contributed by atoms with van der Waals surface area (Å²) >= 11 is 0. The van der Waals surface area contributed by atoms with Crippen LogP contribution in [0.2, 0.25) is 0 Å². The average Bonchev–Trinajstić information content (AvgIpc) is 3.44. The Kier molecular flexibility index (Phi) is 9.16. The molecule has 2 aromatic carbocycles. The molecule has 2 aromatic heterocycles. The Hall–Kier alpha value is -5.28. The summed E-state index contributed by atoms with van der Waals surface area (Å²) in [6.45, 7) is 6.21. The number of phenols is 1. The molecule has 0 spiro atoms. The maximum absolute atomic E-state index is 13.5. The van der Waals surface area contributed by atoms with Crippen LogP contribution in [-0.2, 0) is 4.79 Å². The van der Waals surface area contributed by atoms with Gasteiger partial charge in [0, 0.05) is 65.2 Å². The molecule has 5 rings (SSSR count). The van der Waals surface area contributed by atoms with Gasteiger partial charge in [-0.3, -0.25) is 9.59 Å². The lowest BCUT2D eigenvalue weighted by Crippen LogP contribution is -2.40. The molecule has 1 amide bonds. The summed E-state index contributed by atoms with van der Waals surface area (Å²) in [5, 5.41) is 17.9. The molecule has 0 aliphatic carbocycles. The lowest BCUT2D eigenvalue weighted by Gasteiger charge is -2.39. The molecule has 44 heavy (non-hydrogen) atoms. The van der Waals surface area contributed by atoms with Crippen LogP contribution in [0.3, 0.4) is 0 Å². The van der Waals surface area contributed by atoms with E-state index < -0.39 is 6.04 Å². The topological polar surface area (TPSA) is 156 Å². The first kappa shape index (κ1) is 30.2. The molecule has 0 unspecified atom stereocenters. The molecular weight excluding hydrogens is 558 g/mol. The minimum absolute atomic E-state index is 0.00126. The highest BCUT2D eigenvalue weighted by Gasteiger charge is 2.27. The van der Waals surface area contributed by atoms with Crippen molar-refractivity contribution in [1.82, 2.24) is 15.3 Å². The van der Waals surface area contributed by atoms with Crippen LogP contribution in [0.4, 0.5) is 5.69 Å². The van der Waals surface area contributed by atoms with Crippen LogP contribution >= 0.6 is 0 Å². The Labute approximate surface area is 255 Å². The number of fused-ring (bicyclic) bond motifs is 1. The lowest BCUT2D eigenvalue weighted by atomic mass is 9.84. The minimum atomic E-state index is -0.624. The largest absolute Gasteiger partial charge is 0.507 e. The summed E-state index contributed by atoms with van der Waals surface area (Å²) in [6.07, 6.45) is 8.73. The summed E-state index contributed by atoms with van der Waals surface area (Å²) in [5.41, 5.74) is 12.0. The van der Waals surface area contributed by atoms with Gasteiger partial charge in [0.1, 0.15) is 23.8 Å². The predicted octanol–water partition coefficient (Wildman–Crippen LogP) is 6.01. The zero-order valence-electron chi connectivity index (χ0n) is 24.7. The number of rotatable bonds is 11. The van der Waals surface area contributed by atoms with Crippen molar-refractivity contribution in [3.05, 3.63) is 100 Å². The number of aromatic nitrogens is 2. The zero-order valence-corrected chi connectivity index (χ0v) is 24.7. The van der Waals surface area contributed by atoms with Crippen LogP contribution in [0, 0.1) is 5.41 Å². The smallest absolute Gasteiger partial charge is 0.244 e. The molecule has 1 saturated heterocycles. The van der Waals surface area contributed by atoms with Gasteiger partial charge in [-0.15, -0.1) is 0 Å². The maximum atomic E-state index is 13.5. The second kappa shape index (κ2) is 13.4. The Balaban J connectivity index is 1.25. The van der Waals surface area contributed by atoms with Crippen molar-refractivity contribution in [3.63, 3.8) is 0 Å². The molecule has 3 N–H and O–H groups in total. The van der Waals surface area contributed by atoms with E-state index in [9.17, 15) is 14.7 Å². The Bertz CT molecular complexity index is 1740. The van der Waals surface area contributed by atoms with Gasteiger partial charge in [-0.1, -0.05) is 31.1 Å². The number of nitrogens with one attached hydrogen (secondary N) is 2. The molecule has 1 aliphatic heterocycles. The Morgan fingerprint density at radius 2 is 2.11 bits per heavy atom. The molecule has 11 nitrogen and oxygen atoms in total. The van der Waals surface area contributed by atoms with E-state index in [4.69, 9.17) is 10.3 Å². The molecule has 1 atom stereocenters. The molecule has 3 heterocycles. The quantitative estimate of drug-likeness (QED) is 0.0635. The zero-order chi connectivity index (χ0) is 31.1. The average molecular weight is 594 g/mol. The summed E-state index contributed by atoms with van der Waals surface area (Å²) < 4.78 is 5.91. The molecule has 1 fully saturated rings. The van der Waals surface area contributed by atoms with Gasteiger partial charge < -0.3 is 25.0 Å². The van der Waals surface area contributed by atoms with E-state index >= 15 is 0 Å². The highest BCUT2D eigenvalue weighted by molar-refractivity contribution is 6.11. The van der Waals surface area contributed by atoms with Gasteiger partial charge in [-0.25, -0.2) is 4.98 Å². The fourth-order valence-corrected chi connectivity index (χ4v) is 5.43. The summed E-state index contributed by atoms with van der Waals surface area (Å²) in [5.74, 6) is -0.411. The molecule has 1 aliphatic rings. The number of hydrogen-bond donors (Lipinski definition) is 3. The minimum Gasteiger partial charge on any atom is -0.507 e. The van der Waals surface area contributed by atoms with Crippen LogP contribution in [0.5, 0.6) is 11.5 Å². The molecule has 0 radical (unpaired) electrons. The number of benzene rings is 2. The number of pyridine rings is 1. The summed E-state index contributed by atoms with van der Waals surface area (Å²) in [7, 11) is 0. The van der Waals surface area contributed by atoms with Gasteiger partial charge in [-0.2, -0.15) is 0 Å². The number of phenolic OH excluding ortho intramolecular Hbond substituents is 1. The van der Waals surface area contributed by atoms with Gasteiger partial charge >= 0.3 is 0 Å². The van der Waals surface area contributed by atoms with Crippen LogP contribution in [0.25, 0.3) is 27.6 Å². The second-order valence-corrected chi connectivity index (χ2v) is 11.7. The van der Waals surface area contributed by atoms with E-state index in [1.165, 1.54) is 6.08 Å². The third-order valence-electron chi connectivity index (χ3n) is 7.65. The number of H-pyrrole nitrogens is 1. The van der Waals surface area contributed by atoms with E-state index in [1.54, 1.807) is 54.9 Å². The van der Waals surface area contributed by atoms with Crippen LogP contribution in [-0.4, -0.2) is 59.0 Å². The molecule has 4 aromatic rings. The Morgan fingerprint density at radius 3 is 2.93 bits per heavy atom. The molecule has 226 valence electrons. The number of anilines is 1. The van der Waals surface area contributed by atoms with Crippen molar-refractivity contribution in [2.45, 2.75) is 32.7 Å². The van der Waals surface area contributed by atoms with Gasteiger partial charge in [0.05, 0.1) is 11.6 Å². The van der Waals surface area contributed by atoms with E-state index in [2.05, 4.69) is 44.1 Å². The van der Waals surface area contributed by atoms with Crippen molar-refractivity contribution in [3.8, 4) is 11.5 Å². The fourth-order valence-electron chi connectivity index (χ4n) is 5.43. The highest BCUT2D eigenvalue weighted by atomic mass is 16.5. The van der Waals surface area contributed by atoms with E-state index in [0.717, 1.165) is 48.2 Å². The SMILES string of the molecule is CC1(C)CCCN(c2ccc(O)c(C(=O)c3cccc(OC[C@@H](CN=[N+]=[N-])NC(=O)/C=C/c4c[nH]c5ncccc45)c3)c2)C1. The first-order valence-electron chi connectivity index (χ1n) is 14.5. The summed E-state index contributed by atoms with van der Waals surface area (Å²) in [6, 6.07) is 14.9. The Morgan fingerprint density at radius 1 is 1.25 bits per heavy atom. The van der Waals surface area contributed by atoms with Gasteiger partial charge in [0.2, 0.25) is 5.91 Å². The summed E-state index contributed by atoms with van der Waals surface area (Å²) in [4.78, 5) is 38.5. The normalized spacial score (nSPS) is 15.1. The number of carbonyl (C=O) groups is 2. The number of piperidine rings is 1. The van der Waals surface area contributed by atoms with Crippen molar-refractivity contribution in [2.75, 3.05) is 31.1 Å². The number of ether oxygens (including phenoxy) is 1.